The number of aryl methyl sites for hydroxylation is 1. The van der Waals surface area contributed by atoms with Crippen molar-refractivity contribution in [3.05, 3.63) is 64.9 Å². The smallest absolute Gasteiger partial charge is 0.236 e. The van der Waals surface area contributed by atoms with Crippen LogP contribution in [-0.2, 0) is 13.1 Å². The summed E-state index contributed by atoms with van der Waals surface area (Å²) in [5.74, 6) is 1.66. The van der Waals surface area contributed by atoms with Crippen molar-refractivity contribution in [1.82, 2.24) is 9.88 Å². The molecule has 3 aromatic rings. The van der Waals surface area contributed by atoms with Crippen LogP contribution in [0.3, 0.4) is 0 Å². The molecule has 0 aliphatic rings. The highest BCUT2D eigenvalue weighted by molar-refractivity contribution is 7.13. The highest BCUT2D eigenvalue weighted by atomic mass is 32.1. The number of thiophene rings is 1. The highest BCUT2D eigenvalue weighted by Crippen LogP contribution is 2.26. The maximum absolute atomic E-state index is 5.86. The van der Waals surface area contributed by atoms with Crippen LogP contribution in [0.4, 0.5) is 0 Å². The van der Waals surface area contributed by atoms with Crippen LogP contribution in [0.2, 0.25) is 0 Å². The van der Waals surface area contributed by atoms with Gasteiger partial charge in [-0.15, -0.1) is 11.3 Å². The zero-order valence-corrected chi connectivity index (χ0v) is 14.5. The third kappa shape index (κ3) is 4.09. The quantitative estimate of drug-likeness (QED) is 0.603. The molecule has 120 valence electrons. The molecule has 0 amide bonds. The molecule has 0 saturated carbocycles. The summed E-state index contributed by atoms with van der Waals surface area (Å²) in [5.41, 5.74) is 2.37. The summed E-state index contributed by atoms with van der Waals surface area (Å²) in [4.78, 5) is 8.23. The number of hydrogen-bond acceptors (Lipinski definition) is 4. The fourth-order valence-corrected chi connectivity index (χ4v) is 3.31. The van der Waals surface area contributed by atoms with Crippen molar-refractivity contribution < 1.29 is 4.42 Å². The molecule has 0 atom stereocenters. The molecule has 2 heterocycles. The van der Waals surface area contributed by atoms with E-state index in [1.165, 1.54) is 5.56 Å². The molecule has 0 radical (unpaired) electrons. The van der Waals surface area contributed by atoms with Crippen molar-refractivity contribution in [2.75, 3.05) is 6.54 Å². The molecule has 0 fully saturated rings. The summed E-state index contributed by atoms with van der Waals surface area (Å²) in [5, 5.41) is 2.05. The third-order valence-corrected chi connectivity index (χ3v) is 4.64. The van der Waals surface area contributed by atoms with Crippen molar-refractivity contribution in [1.29, 1.82) is 0 Å². The number of rotatable bonds is 7. The third-order valence-electron chi connectivity index (χ3n) is 3.79. The molecule has 3 nitrogen and oxygen atoms in total. The van der Waals surface area contributed by atoms with Gasteiger partial charge in [-0.2, -0.15) is 0 Å². The lowest BCUT2D eigenvalue weighted by atomic mass is 10.2. The van der Waals surface area contributed by atoms with E-state index in [-0.39, 0.29) is 0 Å². The second kappa shape index (κ2) is 7.57. The molecule has 0 N–H and O–H groups in total. The minimum Gasteiger partial charge on any atom is -0.440 e. The Morgan fingerprint density at radius 1 is 1.09 bits per heavy atom. The molecule has 0 saturated heterocycles. The summed E-state index contributed by atoms with van der Waals surface area (Å²) in [6.07, 6.45) is 1.13. The van der Waals surface area contributed by atoms with Gasteiger partial charge in [-0.3, -0.25) is 4.90 Å². The Kier molecular flexibility index (Phi) is 5.26. The SMILES string of the molecule is CCCN(Cc1ccccc1)Cc1nc(-c2cccs2)oc1C. The van der Waals surface area contributed by atoms with Crippen LogP contribution < -0.4 is 0 Å². The van der Waals surface area contributed by atoms with E-state index in [4.69, 9.17) is 9.40 Å². The predicted molar refractivity (Wildman–Crippen MR) is 95.4 cm³/mol. The van der Waals surface area contributed by atoms with Crippen LogP contribution in [-0.4, -0.2) is 16.4 Å². The summed E-state index contributed by atoms with van der Waals surface area (Å²) in [6, 6.07) is 14.7. The number of hydrogen-bond donors (Lipinski definition) is 0. The Hall–Kier alpha value is -1.91. The lowest BCUT2D eigenvalue weighted by molar-refractivity contribution is 0.253. The van der Waals surface area contributed by atoms with Crippen molar-refractivity contribution >= 4 is 11.3 Å². The van der Waals surface area contributed by atoms with Gasteiger partial charge in [0.15, 0.2) is 0 Å². The van der Waals surface area contributed by atoms with Crippen LogP contribution >= 0.6 is 11.3 Å². The lowest BCUT2D eigenvalue weighted by Crippen LogP contribution is -2.24. The van der Waals surface area contributed by atoms with Gasteiger partial charge >= 0.3 is 0 Å². The molecule has 23 heavy (non-hydrogen) atoms. The van der Waals surface area contributed by atoms with Gasteiger partial charge in [0, 0.05) is 13.1 Å². The summed E-state index contributed by atoms with van der Waals surface area (Å²) >= 11 is 1.66. The Balaban J connectivity index is 1.75. The summed E-state index contributed by atoms with van der Waals surface area (Å²) in [7, 11) is 0. The molecule has 1 aromatic carbocycles. The van der Waals surface area contributed by atoms with E-state index in [1.807, 2.05) is 24.4 Å². The van der Waals surface area contributed by atoms with E-state index in [0.29, 0.717) is 0 Å². The predicted octanol–water partition coefficient (Wildman–Crippen LogP) is 5.12. The van der Waals surface area contributed by atoms with Crippen LogP contribution in [0.5, 0.6) is 0 Å². The maximum atomic E-state index is 5.86. The second-order valence-electron chi connectivity index (χ2n) is 5.70. The molecule has 3 rings (SSSR count). The highest BCUT2D eigenvalue weighted by Gasteiger charge is 2.15. The molecule has 0 spiro atoms. The zero-order valence-electron chi connectivity index (χ0n) is 13.7. The van der Waals surface area contributed by atoms with Gasteiger partial charge in [-0.25, -0.2) is 4.98 Å². The maximum Gasteiger partial charge on any atom is 0.236 e. The standard InChI is InChI=1S/C19H22N2OS/c1-3-11-21(13-16-8-5-4-6-9-16)14-17-15(2)22-19(20-17)18-10-7-12-23-18/h4-10,12H,3,11,13-14H2,1-2H3. The number of oxazole rings is 1. The van der Waals surface area contributed by atoms with E-state index >= 15 is 0 Å². The van der Waals surface area contributed by atoms with Crippen molar-refractivity contribution in [2.45, 2.75) is 33.4 Å². The molecule has 0 aliphatic heterocycles. The molecular formula is C19H22N2OS. The van der Waals surface area contributed by atoms with E-state index in [9.17, 15) is 0 Å². The first-order valence-corrected chi connectivity index (χ1v) is 8.90. The zero-order chi connectivity index (χ0) is 16.1. The minimum absolute atomic E-state index is 0.739. The number of aromatic nitrogens is 1. The fraction of sp³-hybridized carbons (Fsp3) is 0.316. The van der Waals surface area contributed by atoms with Gasteiger partial charge in [0.2, 0.25) is 5.89 Å². The van der Waals surface area contributed by atoms with Gasteiger partial charge in [0.25, 0.3) is 0 Å². The second-order valence-corrected chi connectivity index (χ2v) is 6.64. The first-order valence-electron chi connectivity index (χ1n) is 8.02. The van der Waals surface area contributed by atoms with Gasteiger partial charge < -0.3 is 4.42 Å². The van der Waals surface area contributed by atoms with Gasteiger partial charge in [-0.1, -0.05) is 43.3 Å². The lowest BCUT2D eigenvalue weighted by Gasteiger charge is -2.20. The van der Waals surface area contributed by atoms with E-state index in [1.54, 1.807) is 11.3 Å². The Bertz CT molecular complexity index is 719. The van der Waals surface area contributed by atoms with Crippen molar-refractivity contribution in [2.24, 2.45) is 0 Å². The van der Waals surface area contributed by atoms with Crippen LogP contribution in [0, 0.1) is 6.92 Å². The molecular weight excluding hydrogens is 304 g/mol. The molecule has 0 aliphatic carbocycles. The van der Waals surface area contributed by atoms with E-state index < -0.39 is 0 Å². The molecule has 0 unspecified atom stereocenters. The average molecular weight is 326 g/mol. The Morgan fingerprint density at radius 3 is 2.61 bits per heavy atom. The Morgan fingerprint density at radius 2 is 1.91 bits per heavy atom. The van der Waals surface area contributed by atoms with Crippen LogP contribution in [0.25, 0.3) is 10.8 Å². The Labute approximate surface area is 141 Å². The van der Waals surface area contributed by atoms with Crippen LogP contribution in [0.1, 0.15) is 30.4 Å². The van der Waals surface area contributed by atoms with E-state index in [2.05, 4.69) is 42.2 Å². The fourth-order valence-electron chi connectivity index (χ4n) is 2.66. The van der Waals surface area contributed by atoms with Crippen molar-refractivity contribution in [3.8, 4) is 10.8 Å². The summed E-state index contributed by atoms with van der Waals surface area (Å²) in [6.45, 7) is 7.03. The van der Waals surface area contributed by atoms with Crippen LogP contribution in [0.15, 0.2) is 52.3 Å². The number of benzene rings is 1. The summed E-state index contributed by atoms with van der Waals surface area (Å²) < 4.78 is 5.86. The molecule has 4 heteroatoms. The number of nitrogens with zero attached hydrogens (tertiary/aromatic N) is 2. The van der Waals surface area contributed by atoms with Gasteiger partial charge in [0.1, 0.15) is 5.76 Å². The minimum atomic E-state index is 0.739. The molecule has 2 aromatic heterocycles. The van der Waals surface area contributed by atoms with E-state index in [0.717, 1.165) is 48.3 Å². The first kappa shape index (κ1) is 16.0. The van der Waals surface area contributed by atoms with Gasteiger partial charge in [0.05, 0.1) is 10.6 Å². The first-order chi connectivity index (χ1) is 11.3. The van der Waals surface area contributed by atoms with Crippen molar-refractivity contribution in [3.63, 3.8) is 0 Å². The molecule has 0 bridgehead atoms. The topological polar surface area (TPSA) is 29.3 Å². The van der Waals surface area contributed by atoms with Gasteiger partial charge in [-0.05, 0) is 36.9 Å². The normalized spacial score (nSPS) is 11.3. The largest absolute Gasteiger partial charge is 0.440 e. The monoisotopic (exact) mass is 326 g/mol. The average Bonchev–Trinajstić information content (AvgIpc) is 3.19.